The van der Waals surface area contributed by atoms with Crippen LogP contribution >= 0.6 is 0 Å². The Morgan fingerprint density at radius 3 is 2.88 bits per heavy atom. The number of piperidine rings is 1. The van der Waals surface area contributed by atoms with Crippen molar-refractivity contribution in [2.45, 2.75) is 33.1 Å². The Morgan fingerprint density at radius 2 is 2.12 bits per heavy atom. The second-order valence-corrected chi connectivity index (χ2v) is 7.04. The fourth-order valence-corrected chi connectivity index (χ4v) is 3.28. The lowest BCUT2D eigenvalue weighted by atomic mass is 10.0. The molecule has 1 aromatic carbocycles. The fraction of sp³-hybridized carbons (Fsp3) is 0.526. The Balaban J connectivity index is 1.45. The molecule has 134 valence electrons. The Hall–Kier alpha value is -2.21. The largest absolute Gasteiger partial charge is 0.351 e. The summed E-state index contributed by atoms with van der Waals surface area (Å²) in [5, 5.41) is 11.0. The Morgan fingerprint density at radius 1 is 1.32 bits per heavy atom. The number of carbonyl (C=O) groups excluding carboxylic acids is 1. The summed E-state index contributed by atoms with van der Waals surface area (Å²) in [5.74, 6) is 0.630. The molecule has 6 nitrogen and oxygen atoms in total. The minimum atomic E-state index is -0.162. The van der Waals surface area contributed by atoms with Gasteiger partial charge in [-0.2, -0.15) is 0 Å². The van der Waals surface area contributed by atoms with Gasteiger partial charge in [0.1, 0.15) is 0 Å². The first-order valence-corrected chi connectivity index (χ1v) is 9.12. The van der Waals surface area contributed by atoms with E-state index in [4.69, 9.17) is 0 Å². The molecule has 6 heteroatoms. The maximum atomic E-state index is 12.2. The summed E-state index contributed by atoms with van der Waals surface area (Å²) in [6.45, 7) is 8.42. The normalized spacial score (nSPS) is 18.2. The van der Waals surface area contributed by atoms with Gasteiger partial charge in [-0.1, -0.05) is 29.8 Å². The second kappa shape index (κ2) is 8.25. The number of aromatic nitrogens is 3. The van der Waals surface area contributed by atoms with Crippen LogP contribution in [0, 0.1) is 12.8 Å². The van der Waals surface area contributed by atoms with E-state index < -0.39 is 0 Å². The summed E-state index contributed by atoms with van der Waals surface area (Å²) in [6, 6.07) is 7.95. The molecule has 2 aromatic rings. The van der Waals surface area contributed by atoms with Crippen molar-refractivity contribution in [3.05, 3.63) is 41.7 Å². The molecule has 0 bridgehead atoms. The molecule has 3 rings (SSSR count). The highest BCUT2D eigenvalue weighted by molar-refractivity contribution is 5.91. The van der Waals surface area contributed by atoms with Gasteiger partial charge in [-0.3, -0.25) is 4.79 Å². The molecule has 25 heavy (non-hydrogen) atoms. The molecule has 0 radical (unpaired) electrons. The Kier molecular flexibility index (Phi) is 5.81. The lowest BCUT2D eigenvalue weighted by Crippen LogP contribution is -2.36. The molecule has 2 heterocycles. The summed E-state index contributed by atoms with van der Waals surface area (Å²) >= 11 is 0. The van der Waals surface area contributed by atoms with Crippen molar-refractivity contribution in [3.8, 4) is 5.69 Å². The van der Waals surface area contributed by atoms with Gasteiger partial charge in [-0.15, -0.1) is 5.10 Å². The van der Waals surface area contributed by atoms with Crippen LogP contribution < -0.4 is 5.32 Å². The summed E-state index contributed by atoms with van der Waals surface area (Å²) in [6.07, 6.45) is 5.26. The van der Waals surface area contributed by atoms with Gasteiger partial charge in [0.05, 0.1) is 11.9 Å². The van der Waals surface area contributed by atoms with E-state index in [-0.39, 0.29) is 5.91 Å². The van der Waals surface area contributed by atoms with Crippen molar-refractivity contribution < 1.29 is 4.79 Å². The molecule has 1 atom stereocenters. The van der Waals surface area contributed by atoms with Gasteiger partial charge >= 0.3 is 0 Å². The topological polar surface area (TPSA) is 63.1 Å². The molecule has 1 aliphatic rings. The van der Waals surface area contributed by atoms with Crippen LogP contribution in [-0.2, 0) is 0 Å². The smallest absolute Gasteiger partial charge is 0.273 e. The number of nitrogens with one attached hydrogen (secondary N) is 1. The number of amides is 1. The number of nitrogens with zero attached hydrogens (tertiary/aromatic N) is 4. The van der Waals surface area contributed by atoms with E-state index in [0.717, 1.165) is 24.6 Å². The second-order valence-electron chi connectivity index (χ2n) is 7.04. The molecule has 1 fully saturated rings. The lowest BCUT2D eigenvalue weighted by Gasteiger charge is -2.30. The van der Waals surface area contributed by atoms with Gasteiger partial charge in [0.2, 0.25) is 0 Å². The van der Waals surface area contributed by atoms with Crippen molar-refractivity contribution in [1.29, 1.82) is 0 Å². The van der Waals surface area contributed by atoms with E-state index in [2.05, 4.69) is 27.5 Å². The van der Waals surface area contributed by atoms with Crippen LogP contribution in [0.2, 0.25) is 0 Å². The third-order valence-corrected chi connectivity index (χ3v) is 4.70. The van der Waals surface area contributed by atoms with E-state index in [1.54, 1.807) is 10.9 Å². The fourth-order valence-electron chi connectivity index (χ4n) is 3.28. The minimum Gasteiger partial charge on any atom is -0.351 e. The van der Waals surface area contributed by atoms with Gasteiger partial charge < -0.3 is 10.2 Å². The van der Waals surface area contributed by atoms with Crippen molar-refractivity contribution in [3.63, 3.8) is 0 Å². The average Bonchev–Trinajstić information content (AvgIpc) is 3.09. The number of likely N-dealkylation sites (tertiary alicyclic amines) is 1. The summed E-state index contributed by atoms with van der Waals surface area (Å²) in [7, 11) is 0. The summed E-state index contributed by atoms with van der Waals surface area (Å²) < 4.78 is 1.63. The number of hydrogen-bond donors (Lipinski definition) is 1. The van der Waals surface area contributed by atoms with E-state index in [9.17, 15) is 4.79 Å². The molecule has 0 spiro atoms. The Labute approximate surface area is 149 Å². The molecule has 1 aliphatic heterocycles. The van der Waals surface area contributed by atoms with E-state index in [0.29, 0.717) is 12.2 Å². The minimum absolute atomic E-state index is 0.162. The molecule has 1 saturated heterocycles. The first-order valence-electron chi connectivity index (χ1n) is 9.12. The predicted octanol–water partition coefficient (Wildman–Crippen LogP) is 2.43. The number of benzene rings is 1. The summed E-state index contributed by atoms with van der Waals surface area (Å²) in [4.78, 5) is 14.7. The van der Waals surface area contributed by atoms with Gasteiger partial charge in [0.25, 0.3) is 5.91 Å². The van der Waals surface area contributed by atoms with E-state index in [1.165, 1.54) is 31.5 Å². The zero-order valence-electron chi connectivity index (χ0n) is 15.1. The third kappa shape index (κ3) is 4.89. The van der Waals surface area contributed by atoms with Gasteiger partial charge in [0.15, 0.2) is 5.69 Å². The maximum absolute atomic E-state index is 12.2. The van der Waals surface area contributed by atoms with Gasteiger partial charge in [-0.25, -0.2) is 4.68 Å². The van der Waals surface area contributed by atoms with Crippen LogP contribution in [0.5, 0.6) is 0 Å². The molecule has 0 aliphatic carbocycles. The Bertz CT molecular complexity index is 694. The molecule has 1 unspecified atom stereocenters. The number of hydrogen-bond acceptors (Lipinski definition) is 4. The van der Waals surface area contributed by atoms with Crippen molar-refractivity contribution in [2.24, 2.45) is 5.92 Å². The predicted molar refractivity (Wildman–Crippen MR) is 97.9 cm³/mol. The van der Waals surface area contributed by atoms with Crippen molar-refractivity contribution >= 4 is 5.91 Å². The molecular formula is C19H27N5O. The highest BCUT2D eigenvalue weighted by Crippen LogP contribution is 2.15. The number of rotatable bonds is 6. The quantitative estimate of drug-likeness (QED) is 0.820. The van der Waals surface area contributed by atoms with Gasteiger partial charge in [0, 0.05) is 13.1 Å². The SMILES string of the molecule is Cc1ccc(-n2cc(C(=O)NCCCN3CCCC(C)C3)nn2)cc1. The molecule has 1 amide bonds. The van der Waals surface area contributed by atoms with Crippen molar-refractivity contribution in [2.75, 3.05) is 26.2 Å². The van der Waals surface area contributed by atoms with E-state index in [1.807, 2.05) is 31.2 Å². The standard InChI is InChI=1S/C19H27N5O/c1-15-6-8-17(9-7-15)24-14-18(21-22-24)19(25)20-10-4-12-23-11-3-5-16(2)13-23/h6-9,14,16H,3-5,10-13H2,1-2H3,(H,20,25). The lowest BCUT2D eigenvalue weighted by molar-refractivity contribution is 0.0945. The first-order chi connectivity index (χ1) is 12.1. The molecular weight excluding hydrogens is 314 g/mol. The van der Waals surface area contributed by atoms with Crippen LogP contribution in [0.25, 0.3) is 5.69 Å². The van der Waals surface area contributed by atoms with Crippen LogP contribution in [0.3, 0.4) is 0 Å². The first kappa shape index (κ1) is 17.6. The average molecular weight is 341 g/mol. The zero-order chi connectivity index (χ0) is 17.6. The summed E-state index contributed by atoms with van der Waals surface area (Å²) in [5.41, 5.74) is 2.44. The third-order valence-electron chi connectivity index (χ3n) is 4.70. The van der Waals surface area contributed by atoms with Crippen LogP contribution in [0.15, 0.2) is 30.5 Å². The highest BCUT2D eigenvalue weighted by Gasteiger charge is 2.16. The van der Waals surface area contributed by atoms with Crippen LogP contribution in [0.4, 0.5) is 0 Å². The van der Waals surface area contributed by atoms with Crippen LogP contribution in [-0.4, -0.2) is 52.0 Å². The molecule has 1 aromatic heterocycles. The highest BCUT2D eigenvalue weighted by atomic mass is 16.2. The molecule has 0 saturated carbocycles. The van der Waals surface area contributed by atoms with Gasteiger partial charge in [-0.05, 0) is 57.3 Å². The monoisotopic (exact) mass is 341 g/mol. The van der Waals surface area contributed by atoms with Crippen molar-refractivity contribution in [1.82, 2.24) is 25.2 Å². The number of carbonyl (C=O) groups is 1. The van der Waals surface area contributed by atoms with Crippen LogP contribution in [0.1, 0.15) is 42.2 Å². The number of aryl methyl sites for hydroxylation is 1. The maximum Gasteiger partial charge on any atom is 0.273 e. The molecule has 1 N–H and O–H groups in total. The zero-order valence-corrected chi connectivity index (χ0v) is 15.1. The van der Waals surface area contributed by atoms with E-state index >= 15 is 0 Å².